The van der Waals surface area contributed by atoms with Crippen LogP contribution in [0.2, 0.25) is 10.0 Å². The van der Waals surface area contributed by atoms with E-state index in [2.05, 4.69) is 21.7 Å². The number of nitriles is 1. The summed E-state index contributed by atoms with van der Waals surface area (Å²) < 4.78 is 3.64. The van der Waals surface area contributed by atoms with Crippen LogP contribution in [0.25, 0.3) is 11.3 Å². The van der Waals surface area contributed by atoms with E-state index in [0.717, 1.165) is 35.4 Å². The number of imidazole rings is 1. The number of benzene rings is 2. The second kappa shape index (κ2) is 11.8. The largest absolute Gasteiger partial charge is 0.351 e. The van der Waals surface area contributed by atoms with Crippen LogP contribution in [0, 0.1) is 11.3 Å². The lowest BCUT2D eigenvalue weighted by molar-refractivity contribution is -0.125. The molecule has 0 unspecified atom stereocenters. The molecule has 5 aromatic rings. The number of nitrogens with zero attached hydrogens (tertiary/aromatic N) is 6. The summed E-state index contributed by atoms with van der Waals surface area (Å²) in [5.74, 6) is -0.922. The predicted octanol–water partition coefficient (Wildman–Crippen LogP) is 6.17. The quantitative estimate of drug-likeness (QED) is 0.187. The molecule has 0 bridgehead atoms. The van der Waals surface area contributed by atoms with E-state index >= 15 is 0 Å². The zero-order valence-corrected chi connectivity index (χ0v) is 29.3. The Morgan fingerprint density at radius 1 is 0.941 bits per heavy atom. The molecule has 2 aliphatic carbocycles. The number of aryl methyl sites for hydroxylation is 1. The number of carbonyl (C=O) groups excluding carboxylic acids is 3. The van der Waals surface area contributed by atoms with Crippen LogP contribution in [-0.2, 0) is 34.1 Å². The number of rotatable bonds is 9. The SMILES string of the molecule is Cn1cccc1-c1ccc(C2(NC(=O)C3(NC(=O)c4cnc5n4[C@](C)(Cc4ccc(C#N)cc4)C(=O)N5c4cc(Cl)cc(Cl)c4)CC3)CC2)nc1. The third-order valence-electron chi connectivity index (χ3n) is 10.2. The molecule has 0 saturated heterocycles. The van der Waals surface area contributed by atoms with E-state index in [0.29, 0.717) is 34.1 Å². The normalized spacial score (nSPS) is 19.3. The molecule has 256 valence electrons. The molecule has 0 spiro atoms. The molecule has 1 aliphatic heterocycles. The second-order valence-electron chi connectivity index (χ2n) is 13.8. The summed E-state index contributed by atoms with van der Waals surface area (Å²) in [4.78, 5) is 53.1. The van der Waals surface area contributed by atoms with Crippen molar-refractivity contribution in [3.8, 4) is 17.3 Å². The zero-order chi connectivity index (χ0) is 35.7. The van der Waals surface area contributed by atoms with Crippen molar-refractivity contribution in [1.82, 2.24) is 29.7 Å². The van der Waals surface area contributed by atoms with E-state index in [-0.39, 0.29) is 29.9 Å². The molecule has 2 fully saturated rings. The predicted molar refractivity (Wildman–Crippen MR) is 191 cm³/mol. The zero-order valence-electron chi connectivity index (χ0n) is 27.8. The lowest BCUT2D eigenvalue weighted by atomic mass is 9.91. The lowest BCUT2D eigenvalue weighted by Crippen LogP contribution is -2.52. The molecule has 51 heavy (non-hydrogen) atoms. The van der Waals surface area contributed by atoms with Crippen molar-refractivity contribution in [3.05, 3.63) is 118 Å². The number of aromatic nitrogens is 4. The number of nitrogens with one attached hydrogen (secondary N) is 2. The molecule has 3 aromatic heterocycles. The maximum atomic E-state index is 14.4. The highest BCUT2D eigenvalue weighted by atomic mass is 35.5. The van der Waals surface area contributed by atoms with Crippen molar-refractivity contribution < 1.29 is 14.4 Å². The van der Waals surface area contributed by atoms with Crippen LogP contribution in [-0.4, -0.2) is 42.4 Å². The van der Waals surface area contributed by atoms with Gasteiger partial charge in [0.1, 0.15) is 16.8 Å². The van der Waals surface area contributed by atoms with Crippen LogP contribution in [0.3, 0.4) is 0 Å². The molecule has 2 N–H and O–H groups in total. The minimum Gasteiger partial charge on any atom is -0.351 e. The Labute approximate surface area is 303 Å². The maximum Gasteiger partial charge on any atom is 0.270 e. The highest BCUT2D eigenvalue weighted by Gasteiger charge is 2.57. The number of amides is 3. The number of fused-ring (bicyclic) bond motifs is 1. The van der Waals surface area contributed by atoms with Gasteiger partial charge in [0.2, 0.25) is 11.9 Å². The third kappa shape index (κ3) is 5.55. The Bertz CT molecular complexity index is 2260. The Morgan fingerprint density at radius 2 is 1.67 bits per heavy atom. The number of anilines is 2. The average molecular weight is 720 g/mol. The topological polar surface area (TPSA) is 138 Å². The Balaban J connectivity index is 1.07. The number of pyridine rings is 1. The fourth-order valence-electron chi connectivity index (χ4n) is 7.04. The number of halogens is 2. The van der Waals surface area contributed by atoms with Gasteiger partial charge in [-0.25, -0.2) is 9.88 Å². The van der Waals surface area contributed by atoms with Crippen LogP contribution in [0.15, 0.2) is 85.3 Å². The Morgan fingerprint density at radius 3 is 2.25 bits per heavy atom. The van der Waals surface area contributed by atoms with Gasteiger partial charge in [0.15, 0.2) is 0 Å². The molecule has 3 aliphatic rings. The van der Waals surface area contributed by atoms with Gasteiger partial charge in [-0.2, -0.15) is 5.26 Å². The minimum absolute atomic E-state index is 0.128. The van der Waals surface area contributed by atoms with E-state index in [1.54, 1.807) is 54.0 Å². The molecular formula is C38H32Cl2N8O3. The molecule has 13 heteroatoms. The molecule has 2 aromatic carbocycles. The first-order chi connectivity index (χ1) is 24.4. The molecule has 4 heterocycles. The number of hydrogen-bond donors (Lipinski definition) is 2. The van der Waals surface area contributed by atoms with E-state index in [4.69, 9.17) is 28.2 Å². The van der Waals surface area contributed by atoms with Gasteiger partial charge in [0.05, 0.1) is 34.7 Å². The van der Waals surface area contributed by atoms with Crippen LogP contribution in [0.5, 0.6) is 0 Å². The first-order valence-electron chi connectivity index (χ1n) is 16.6. The van der Waals surface area contributed by atoms with E-state index in [1.807, 2.05) is 48.3 Å². The fourth-order valence-corrected chi connectivity index (χ4v) is 7.55. The molecule has 1 atom stereocenters. The van der Waals surface area contributed by atoms with E-state index in [9.17, 15) is 19.6 Å². The van der Waals surface area contributed by atoms with Gasteiger partial charge >= 0.3 is 0 Å². The average Bonchev–Trinajstić information content (AvgIpc) is 3.95. The van der Waals surface area contributed by atoms with Crippen LogP contribution in [0.1, 0.15) is 59.9 Å². The summed E-state index contributed by atoms with van der Waals surface area (Å²) in [5.41, 5.74) is 1.59. The van der Waals surface area contributed by atoms with Crippen molar-refractivity contribution in [1.29, 1.82) is 5.26 Å². The fraction of sp³-hybridized carbons (Fsp3) is 0.263. The molecule has 11 nitrogen and oxygen atoms in total. The van der Waals surface area contributed by atoms with Crippen molar-refractivity contribution in [2.45, 2.75) is 55.6 Å². The van der Waals surface area contributed by atoms with Gasteiger partial charge in [-0.15, -0.1) is 0 Å². The number of carbonyl (C=O) groups is 3. The molecule has 2 saturated carbocycles. The van der Waals surface area contributed by atoms with Gasteiger partial charge < -0.3 is 15.2 Å². The first-order valence-corrected chi connectivity index (χ1v) is 17.3. The molecular weight excluding hydrogens is 687 g/mol. The van der Waals surface area contributed by atoms with E-state index < -0.39 is 22.5 Å². The Kier molecular flexibility index (Phi) is 7.59. The highest BCUT2D eigenvalue weighted by Crippen LogP contribution is 2.48. The van der Waals surface area contributed by atoms with Crippen LogP contribution < -0.4 is 15.5 Å². The van der Waals surface area contributed by atoms with Crippen molar-refractivity contribution in [3.63, 3.8) is 0 Å². The van der Waals surface area contributed by atoms with Crippen LogP contribution in [0.4, 0.5) is 11.6 Å². The van der Waals surface area contributed by atoms with Gasteiger partial charge in [-0.1, -0.05) is 35.3 Å². The summed E-state index contributed by atoms with van der Waals surface area (Å²) in [5, 5.41) is 16.2. The van der Waals surface area contributed by atoms with Gasteiger partial charge in [-0.3, -0.25) is 23.9 Å². The van der Waals surface area contributed by atoms with Crippen molar-refractivity contribution in [2.75, 3.05) is 4.90 Å². The summed E-state index contributed by atoms with van der Waals surface area (Å²) in [6.45, 7) is 1.74. The number of hydrogen-bond acceptors (Lipinski definition) is 6. The molecule has 3 amide bonds. The second-order valence-corrected chi connectivity index (χ2v) is 14.7. The summed E-state index contributed by atoms with van der Waals surface area (Å²) >= 11 is 12.7. The smallest absolute Gasteiger partial charge is 0.270 e. The molecule has 8 rings (SSSR count). The lowest BCUT2D eigenvalue weighted by Gasteiger charge is -2.27. The molecule has 0 radical (unpaired) electrons. The summed E-state index contributed by atoms with van der Waals surface area (Å²) in [6, 6.07) is 21.8. The van der Waals surface area contributed by atoms with Crippen molar-refractivity contribution >= 4 is 52.6 Å². The van der Waals surface area contributed by atoms with Crippen molar-refractivity contribution in [2.24, 2.45) is 7.05 Å². The van der Waals surface area contributed by atoms with E-state index in [1.165, 1.54) is 11.1 Å². The standard InChI is InChI=1S/C38H32Cl2N8O3/c1-36(19-23-5-7-24(20-41)8-6-23)34(51)47(28-17-26(39)16-27(40)18-28)35-43-22-30(48(35)36)32(49)44-38(13-14-38)33(50)45-37(11-12-37)31-10-9-25(21-42-31)29-4-3-15-46(29)2/h3-10,15-18,21-22H,11-14,19H2,1-2H3,(H,44,49)(H,45,50)/t36-/m1/s1. The maximum absolute atomic E-state index is 14.4. The van der Waals surface area contributed by atoms with Gasteiger partial charge in [-0.05, 0) is 92.8 Å². The van der Waals surface area contributed by atoms with Gasteiger partial charge in [0, 0.05) is 47.2 Å². The Hall–Kier alpha value is -5.44. The highest BCUT2D eigenvalue weighted by molar-refractivity contribution is 6.35. The minimum atomic E-state index is -1.31. The monoisotopic (exact) mass is 718 g/mol. The van der Waals surface area contributed by atoms with Crippen LogP contribution >= 0.6 is 23.2 Å². The third-order valence-corrected chi connectivity index (χ3v) is 10.6. The summed E-state index contributed by atoms with van der Waals surface area (Å²) in [7, 11) is 1.98. The first kappa shape index (κ1) is 32.7. The van der Waals surface area contributed by atoms with Gasteiger partial charge in [0.25, 0.3) is 11.8 Å². The summed E-state index contributed by atoms with van der Waals surface area (Å²) in [6.07, 6.45) is 7.84.